The fourth-order valence-electron chi connectivity index (χ4n) is 4.12. The molecule has 0 atom stereocenters. The highest BCUT2D eigenvalue weighted by atomic mass is 35.5. The van der Waals surface area contributed by atoms with Gasteiger partial charge in [0, 0.05) is 12.5 Å². The van der Waals surface area contributed by atoms with Crippen LogP contribution in [0.2, 0.25) is 5.02 Å². The molecule has 1 aliphatic rings. The van der Waals surface area contributed by atoms with E-state index in [1.807, 2.05) is 24.3 Å². The average Bonchev–Trinajstić information content (AvgIpc) is 3.08. The van der Waals surface area contributed by atoms with E-state index < -0.39 is 0 Å². The average molecular weight is 383 g/mol. The van der Waals surface area contributed by atoms with Crippen molar-refractivity contribution in [2.45, 2.75) is 57.4 Å². The Morgan fingerprint density at radius 3 is 2.59 bits per heavy atom. The number of fused-ring (bicyclic) bond motifs is 1. The van der Waals surface area contributed by atoms with Gasteiger partial charge in [0.1, 0.15) is 11.6 Å². The number of ether oxygens (including phenoxy) is 1. The van der Waals surface area contributed by atoms with Gasteiger partial charge in [-0.3, -0.25) is 0 Å². The van der Waals surface area contributed by atoms with Gasteiger partial charge in [0.05, 0.1) is 22.7 Å². The summed E-state index contributed by atoms with van der Waals surface area (Å²) in [7, 11) is 0. The molecular formula is C23H27ClN2O. The van der Waals surface area contributed by atoms with E-state index in [-0.39, 0.29) is 0 Å². The molecule has 1 heterocycles. The Labute approximate surface area is 166 Å². The van der Waals surface area contributed by atoms with E-state index in [4.69, 9.17) is 21.3 Å². The lowest BCUT2D eigenvalue weighted by Crippen LogP contribution is -2.13. The van der Waals surface area contributed by atoms with Crippen LogP contribution in [0.25, 0.3) is 11.0 Å². The van der Waals surface area contributed by atoms with E-state index in [0.29, 0.717) is 17.5 Å². The van der Waals surface area contributed by atoms with Crippen molar-refractivity contribution in [2.75, 3.05) is 6.61 Å². The third-order valence-electron chi connectivity index (χ3n) is 5.52. The summed E-state index contributed by atoms with van der Waals surface area (Å²) in [5.74, 6) is 2.68. The van der Waals surface area contributed by atoms with Crippen LogP contribution < -0.4 is 4.74 Å². The molecule has 0 N–H and O–H groups in total. The molecule has 3 aromatic rings. The van der Waals surface area contributed by atoms with Gasteiger partial charge in [0.2, 0.25) is 0 Å². The maximum Gasteiger partial charge on any atom is 0.137 e. The normalized spacial score (nSPS) is 15.3. The zero-order valence-electron chi connectivity index (χ0n) is 15.7. The number of hydrogen-bond donors (Lipinski definition) is 0. The monoisotopic (exact) mass is 382 g/mol. The number of aromatic nitrogens is 2. The van der Waals surface area contributed by atoms with E-state index in [1.165, 1.54) is 43.4 Å². The highest BCUT2D eigenvalue weighted by Crippen LogP contribution is 2.34. The Kier molecular flexibility index (Phi) is 5.98. The molecule has 3 nitrogen and oxygen atoms in total. The highest BCUT2D eigenvalue weighted by Gasteiger charge is 2.22. The number of hydrogen-bond acceptors (Lipinski definition) is 2. The van der Waals surface area contributed by atoms with Crippen LogP contribution in [0, 0.1) is 0 Å². The van der Waals surface area contributed by atoms with Gasteiger partial charge in [0.25, 0.3) is 0 Å². The zero-order valence-corrected chi connectivity index (χ0v) is 16.5. The summed E-state index contributed by atoms with van der Waals surface area (Å²) in [5, 5.41) is 0.678. The molecule has 0 bridgehead atoms. The molecule has 0 aliphatic heterocycles. The Morgan fingerprint density at radius 2 is 1.74 bits per heavy atom. The fourth-order valence-corrected chi connectivity index (χ4v) is 4.31. The zero-order chi connectivity index (χ0) is 18.5. The summed E-state index contributed by atoms with van der Waals surface area (Å²) < 4.78 is 8.29. The summed E-state index contributed by atoms with van der Waals surface area (Å²) in [5.41, 5.74) is 2.40. The molecule has 0 spiro atoms. The molecule has 27 heavy (non-hydrogen) atoms. The molecule has 0 amide bonds. The SMILES string of the molecule is Clc1ccccc1OCCCCn1c(C2CCCCC2)nc2ccccc21. The highest BCUT2D eigenvalue weighted by molar-refractivity contribution is 6.32. The first-order valence-corrected chi connectivity index (χ1v) is 10.5. The van der Waals surface area contributed by atoms with Crippen LogP contribution in [0.5, 0.6) is 5.75 Å². The van der Waals surface area contributed by atoms with Crippen molar-refractivity contribution >= 4 is 22.6 Å². The van der Waals surface area contributed by atoms with Crippen molar-refractivity contribution in [1.29, 1.82) is 0 Å². The van der Waals surface area contributed by atoms with Crippen molar-refractivity contribution in [3.05, 3.63) is 59.4 Å². The third-order valence-corrected chi connectivity index (χ3v) is 5.84. The molecule has 4 heteroatoms. The van der Waals surface area contributed by atoms with E-state index in [1.54, 1.807) is 0 Å². The second-order valence-electron chi connectivity index (χ2n) is 7.43. The number of aryl methyl sites for hydroxylation is 1. The van der Waals surface area contributed by atoms with Crippen LogP contribution >= 0.6 is 11.6 Å². The van der Waals surface area contributed by atoms with E-state index in [0.717, 1.165) is 30.7 Å². The first kappa shape index (κ1) is 18.4. The van der Waals surface area contributed by atoms with Gasteiger partial charge in [0.15, 0.2) is 0 Å². The van der Waals surface area contributed by atoms with Crippen LogP contribution in [0.4, 0.5) is 0 Å². The van der Waals surface area contributed by atoms with Gasteiger partial charge in [-0.05, 0) is 49.9 Å². The third kappa shape index (κ3) is 4.30. The van der Waals surface area contributed by atoms with Gasteiger partial charge in [-0.1, -0.05) is 55.1 Å². The molecule has 1 aromatic heterocycles. The Bertz CT molecular complexity index is 883. The topological polar surface area (TPSA) is 27.1 Å². The van der Waals surface area contributed by atoms with E-state index in [2.05, 4.69) is 28.8 Å². The standard InChI is InChI=1S/C23H27ClN2O/c24-19-12-4-7-15-22(19)27-17-9-8-16-26-21-14-6-5-13-20(21)25-23(26)18-10-2-1-3-11-18/h4-7,12-15,18H,1-3,8-11,16-17H2. The molecule has 4 rings (SSSR count). The largest absolute Gasteiger partial charge is 0.492 e. The number of rotatable bonds is 7. The van der Waals surface area contributed by atoms with Gasteiger partial charge in [-0.2, -0.15) is 0 Å². The minimum Gasteiger partial charge on any atom is -0.492 e. The van der Waals surface area contributed by atoms with Crippen LogP contribution in [-0.2, 0) is 6.54 Å². The summed E-state index contributed by atoms with van der Waals surface area (Å²) in [6.07, 6.45) is 8.67. The summed E-state index contributed by atoms with van der Waals surface area (Å²) in [4.78, 5) is 5.01. The molecule has 142 valence electrons. The fraction of sp³-hybridized carbons (Fsp3) is 0.435. The number of para-hydroxylation sites is 3. The van der Waals surface area contributed by atoms with E-state index in [9.17, 15) is 0 Å². The Hall–Kier alpha value is -2.00. The van der Waals surface area contributed by atoms with Gasteiger partial charge < -0.3 is 9.30 Å². The molecule has 0 unspecified atom stereocenters. The first-order chi connectivity index (χ1) is 13.3. The maximum atomic E-state index is 6.15. The van der Waals surface area contributed by atoms with Gasteiger partial charge in [-0.15, -0.1) is 0 Å². The van der Waals surface area contributed by atoms with Crippen molar-refractivity contribution in [3.8, 4) is 5.75 Å². The summed E-state index contributed by atoms with van der Waals surface area (Å²) in [6, 6.07) is 16.2. The van der Waals surface area contributed by atoms with Crippen LogP contribution in [0.3, 0.4) is 0 Å². The second kappa shape index (κ2) is 8.79. The van der Waals surface area contributed by atoms with Gasteiger partial charge >= 0.3 is 0 Å². The minimum absolute atomic E-state index is 0.616. The Morgan fingerprint density at radius 1 is 0.963 bits per heavy atom. The van der Waals surface area contributed by atoms with Crippen LogP contribution in [-0.4, -0.2) is 16.2 Å². The van der Waals surface area contributed by atoms with Crippen molar-refractivity contribution in [1.82, 2.24) is 9.55 Å². The van der Waals surface area contributed by atoms with E-state index >= 15 is 0 Å². The first-order valence-electron chi connectivity index (χ1n) is 10.2. The lowest BCUT2D eigenvalue weighted by molar-refractivity contribution is 0.302. The summed E-state index contributed by atoms with van der Waals surface area (Å²) >= 11 is 6.15. The number of imidazole rings is 1. The molecule has 1 saturated carbocycles. The lowest BCUT2D eigenvalue weighted by Gasteiger charge is -2.22. The smallest absolute Gasteiger partial charge is 0.137 e. The maximum absolute atomic E-state index is 6.15. The van der Waals surface area contributed by atoms with Crippen LogP contribution in [0.1, 0.15) is 56.7 Å². The predicted octanol–water partition coefficient (Wildman–Crippen LogP) is 6.60. The number of nitrogens with zero attached hydrogens (tertiary/aromatic N) is 2. The van der Waals surface area contributed by atoms with Crippen LogP contribution in [0.15, 0.2) is 48.5 Å². The van der Waals surface area contributed by atoms with Gasteiger partial charge in [-0.25, -0.2) is 4.98 Å². The molecular weight excluding hydrogens is 356 g/mol. The second-order valence-corrected chi connectivity index (χ2v) is 7.84. The lowest BCUT2D eigenvalue weighted by atomic mass is 9.88. The quantitative estimate of drug-likeness (QED) is 0.430. The minimum atomic E-state index is 0.616. The van der Waals surface area contributed by atoms with Crippen molar-refractivity contribution in [2.24, 2.45) is 0 Å². The molecule has 2 aromatic carbocycles. The van der Waals surface area contributed by atoms with Crippen molar-refractivity contribution < 1.29 is 4.74 Å². The Balaban J connectivity index is 1.41. The predicted molar refractivity (Wildman–Crippen MR) is 112 cm³/mol. The molecule has 1 fully saturated rings. The molecule has 1 aliphatic carbocycles. The number of halogens is 1. The number of unbranched alkanes of at least 4 members (excludes halogenated alkanes) is 1. The van der Waals surface area contributed by atoms with Crippen molar-refractivity contribution in [3.63, 3.8) is 0 Å². The summed E-state index contributed by atoms with van der Waals surface area (Å²) in [6.45, 7) is 1.69. The molecule has 0 saturated heterocycles. The molecule has 0 radical (unpaired) electrons. The number of benzene rings is 2.